The lowest BCUT2D eigenvalue weighted by molar-refractivity contribution is -0.180. The lowest BCUT2D eigenvalue weighted by Crippen LogP contribution is -2.49. The molecule has 0 spiro atoms. The third kappa shape index (κ3) is 2.49. The normalized spacial score (nSPS) is 25.1. The van der Waals surface area contributed by atoms with Crippen molar-refractivity contribution in [2.75, 3.05) is 12.3 Å². The molecular formula is C15H18N2O2. The molecule has 1 aromatic carbocycles. The first-order valence-electron chi connectivity index (χ1n) is 6.62. The number of carbonyl (C=O) groups excluding carboxylic acids is 1. The minimum absolute atomic E-state index is 0.0466. The van der Waals surface area contributed by atoms with Crippen LogP contribution in [0, 0.1) is 6.92 Å². The molecule has 0 radical (unpaired) electrons. The monoisotopic (exact) mass is 258 g/mol. The van der Waals surface area contributed by atoms with Crippen LogP contribution >= 0.6 is 0 Å². The molecule has 4 heteroatoms. The summed E-state index contributed by atoms with van der Waals surface area (Å²) in [7, 11) is 0. The molecule has 3 aliphatic heterocycles. The topological polar surface area (TPSA) is 55.6 Å². The van der Waals surface area contributed by atoms with Crippen molar-refractivity contribution in [2.24, 2.45) is 0 Å². The summed E-state index contributed by atoms with van der Waals surface area (Å²) in [6, 6.07) is 6.03. The zero-order valence-corrected chi connectivity index (χ0v) is 11.0. The first-order valence-corrected chi connectivity index (χ1v) is 6.62. The number of fused-ring (bicyclic) bond motifs is 2. The standard InChI is InChI=1S/C15H18N2O2/c1-10-6-11(8-12(16)7-10)4-5-17-14(18)3-2-13-9-15(17)19-13/h2-3,6-8,13,15H,4-5,9,16H2,1H3. The summed E-state index contributed by atoms with van der Waals surface area (Å²) in [4.78, 5) is 13.7. The van der Waals surface area contributed by atoms with E-state index in [4.69, 9.17) is 10.5 Å². The highest BCUT2D eigenvalue weighted by molar-refractivity contribution is 5.88. The van der Waals surface area contributed by atoms with Gasteiger partial charge < -0.3 is 15.4 Å². The van der Waals surface area contributed by atoms with Gasteiger partial charge in [-0.1, -0.05) is 12.1 Å². The van der Waals surface area contributed by atoms with E-state index >= 15 is 0 Å². The van der Waals surface area contributed by atoms with Crippen molar-refractivity contribution < 1.29 is 9.53 Å². The number of amides is 1. The van der Waals surface area contributed by atoms with Crippen molar-refractivity contribution in [2.45, 2.75) is 32.1 Å². The molecule has 100 valence electrons. The Balaban J connectivity index is 1.68. The fraction of sp³-hybridized carbons (Fsp3) is 0.400. The summed E-state index contributed by atoms with van der Waals surface area (Å²) in [5, 5.41) is 0. The second kappa shape index (κ2) is 4.70. The average Bonchev–Trinajstić information content (AvgIpc) is 2.52. The Bertz CT molecular complexity index is 513. The zero-order valence-electron chi connectivity index (χ0n) is 11.0. The SMILES string of the molecule is Cc1cc(N)cc(CCN2C(=O)C=CC3CC2O3)c1. The molecule has 3 aliphatic rings. The lowest BCUT2D eigenvalue weighted by atomic mass is 10.1. The van der Waals surface area contributed by atoms with Gasteiger partial charge in [0.15, 0.2) is 0 Å². The van der Waals surface area contributed by atoms with Gasteiger partial charge in [0.25, 0.3) is 0 Å². The number of carbonyl (C=O) groups is 1. The Morgan fingerprint density at radius 1 is 1.42 bits per heavy atom. The summed E-state index contributed by atoms with van der Waals surface area (Å²) in [6.07, 6.45) is 5.28. The van der Waals surface area contributed by atoms with E-state index in [1.54, 1.807) is 11.0 Å². The third-order valence-corrected chi connectivity index (χ3v) is 3.65. The number of anilines is 1. The number of aryl methyl sites for hydroxylation is 1. The second-order valence-electron chi connectivity index (χ2n) is 5.26. The predicted octanol–water partition coefficient (Wildman–Crippen LogP) is 1.63. The van der Waals surface area contributed by atoms with Gasteiger partial charge in [-0.25, -0.2) is 0 Å². The predicted molar refractivity (Wildman–Crippen MR) is 73.4 cm³/mol. The van der Waals surface area contributed by atoms with E-state index in [9.17, 15) is 4.79 Å². The van der Waals surface area contributed by atoms with Crippen molar-refractivity contribution in [3.05, 3.63) is 41.5 Å². The number of nitrogens with zero attached hydrogens (tertiary/aromatic N) is 1. The number of nitrogens with two attached hydrogens (primary N) is 1. The van der Waals surface area contributed by atoms with Crippen molar-refractivity contribution in [1.29, 1.82) is 0 Å². The summed E-state index contributed by atoms with van der Waals surface area (Å²) >= 11 is 0. The quantitative estimate of drug-likeness (QED) is 0.838. The zero-order chi connectivity index (χ0) is 13.4. The molecule has 1 saturated heterocycles. The van der Waals surface area contributed by atoms with Crippen molar-refractivity contribution in [3.8, 4) is 0 Å². The maximum atomic E-state index is 11.9. The van der Waals surface area contributed by atoms with E-state index in [1.807, 2.05) is 25.1 Å². The Kier molecular flexibility index (Phi) is 3.03. The summed E-state index contributed by atoms with van der Waals surface area (Å²) in [6.45, 7) is 2.70. The van der Waals surface area contributed by atoms with E-state index < -0.39 is 0 Å². The molecule has 2 unspecified atom stereocenters. The number of rotatable bonds is 3. The van der Waals surface area contributed by atoms with Gasteiger partial charge in [0.2, 0.25) is 5.91 Å². The van der Waals surface area contributed by atoms with Crippen LogP contribution in [0.1, 0.15) is 17.5 Å². The molecular weight excluding hydrogens is 240 g/mol. The Hall–Kier alpha value is -1.81. The molecule has 0 aromatic heterocycles. The van der Waals surface area contributed by atoms with E-state index in [0.717, 1.165) is 29.7 Å². The second-order valence-corrected chi connectivity index (χ2v) is 5.26. The van der Waals surface area contributed by atoms with Crippen molar-refractivity contribution in [1.82, 2.24) is 4.90 Å². The number of ether oxygens (including phenoxy) is 1. The number of nitrogen functional groups attached to an aromatic ring is 1. The van der Waals surface area contributed by atoms with E-state index in [0.29, 0.717) is 6.54 Å². The minimum Gasteiger partial charge on any atom is -0.399 e. The molecule has 0 aliphatic carbocycles. The van der Waals surface area contributed by atoms with Gasteiger partial charge >= 0.3 is 0 Å². The Labute approximate surface area is 112 Å². The van der Waals surface area contributed by atoms with Gasteiger partial charge in [-0.3, -0.25) is 4.79 Å². The van der Waals surface area contributed by atoms with Crippen LogP contribution in [0.4, 0.5) is 5.69 Å². The van der Waals surface area contributed by atoms with E-state index in [1.165, 1.54) is 0 Å². The van der Waals surface area contributed by atoms with Crippen LogP contribution in [0.2, 0.25) is 0 Å². The molecule has 0 saturated carbocycles. The minimum atomic E-state index is -0.0466. The molecule has 4 nitrogen and oxygen atoms in total. The smallest absolute Gasteiger partial charge is 0.248 e. The van der Waals surface area contributed by atoms with Crippen molar-refractivity contribution in [3.63, 3.8) is 0 Å². The molecule has 2 N–H and O–H groups in total. The third-order valence-electron chi connectivity index (χ3n) is 3.65. The summed E-state index contributed by atoms with van der Waals surface area (Å²) in [5.41, 5.74) is 8.93. The molecule has 1 fully saturated rings. The first-order chi connectivity index (χ1) is 9.11. The maximum absolute atomic E-state index is 11.9. The van der Waals surface area contributed by atoms with Crippen LogP contribution in [0.5, 0.6) is 0 Å². The van der Waals surface area contributed by atoms with Crippen LogP contribution in [0.3, 0.4) is 0 Å². The fourth-order valence-corrected chi connectivity index (χ4v) is 2.68. The van der Waals surface area contributed by atoms with Crippen LogP contribution in [-0.2, 0) is 16.0 Å². The Morgan fingerprint density at radius 3 is 2.95 bits per heavy atom. The fourth-order valence-electron chi connectivity index (χ4n) is 2.68. The molecule has 19 heavy (non-hydrogen) atoms. The van der Waals surface area contributed by atoms with Gasteiger partial charge in [0.1, 0.15) is 6.23 Å². The molecule has 1 amide bonds. The number of benzene rings is 1. The van der Waals surface area contributed by atoms with E-state index in [2.05, 4.69) is 6.07 Å². The van der Waals surface area contributed by atoms with Crippen molar-refractivity contribution >= 4 is 11.6 Å². The largest absolute Gasteiger partial charge is 0.399 e. The lowest BCUT2D eigenvalue weighted by Gasteiger charge is -2.39. The van der Waals surface area contributed by atoms with Crippen LogP contribution < -0.4 is 5.73 Å². The van der Waals surface area contributed by atoms with Crippen LogP contribution in [0.25, 0.3) is 0 Å². The van der Waals surface area contributed by atoms with Crippen LogP contribution in [0.15, 0.2) is 30.4 Å². The number of hydrogen-bond donors (Lipinski definition) is 1. The number of hydrogen-bond acceptors (Lipinski definition) is 3. The first kappa shape index (κ1) is 12.2. The van der Waals surface area contributed by atoms with Gasteiger partial charge in [-0.05, 0) is 36.6 Å². The molecule has 2 atom stereocenters. The Morgan fingerprint density at radius 2 is 2.21 bits per heavy atom. The van der Waals surface area contributed by atoms with Gasteiger partial charge in [0, 0.05) is 24.7 Å². The van der Waals surface area contributed by atoms with Crippen LogP contribution in [-0.4, -0.2) is 29.7 Å². The molecule has 4 rings (SSSR count). The highest BCUT2D eigenvalue weighted by Crippen LogP contribution is 2.28. The molecule has 2 bridgehead atoms. The molecule has 1 aromatic rings. The summed E-state index contributed by atoms with van der Waals surface area (Å²) in [5.74, 6) is 0.0469. The summed E-state index contributed by atoms with van der Waals surface area (Å²) < 4.78 is 5.61. The maximum Gasteiger partial charge on any atom is 0.248 e. The molecule has 3 heterocycles. The van der Waals surface area contributed by atoms with Gasteiger partial charge in [-0.2, -0.15) is 0 Å². The average molecular weight is 258 g/mol. The highest BCUT2D eigenvalue weighted by atomic mass is 16.5. The highest BCUT2D eigenvalue weighted by Gasteiger charge is 2.37. The van der Waals surface area contributed by atoms with Gasteiger partial charge in [0.05, 0.1) is 6.10 Å². The van der Waals surface area contributed by atoms with E-state index in [-0.39, 0.29) is 18.2 Å². The van der Waals surface area contributed by atoms with Gasteiger partial charge in [-0.15, -0.1) is 0 Å².